The van der Waals surface area contributed by atoms with E-state index in [1.165, 1.54) is 12.8 Å². The number of anilines is 1. The monoisotopic (exact) mass is 475 g/mol. The molecule has 2 aliphatic heterocycles. The lowest BCUT2D eigenvalue weighted by atomic mass is 10.0. The molecule has 1 aromatic heterocycles. The van der Waals surface area contributed by atoms with Gasteiger partial charge in [0.05, 0.1) is 16.3 Å². The maximum atomic E-state index is 12.8. The smallest absolute Gasteiger partial charge is 0.256 e. The Kier molecular flexibility index (Phi) is 6.26. The second-order valence-electron chi connectivity index (χ2n) is 8.80. The van der Waals surface area contributed by atoms with E-state index in [1.807, 2.05) is 42.5 Å². The van der Waals surface area contributed by atoms with Crippen LogP contribution in [0, 0.1) is 0 Å². The normalized spacial score (nSPS) is 19.2. The quantitative estimate of drug-likeness (QED) is 0.490. The second-order valence-corrected chi connectivity index (χ2v) is 9.20. The topological polar surface area (TPSA) is 74.6 Å². The maximum Gasteiger partial charge on any atom is 0.256 e. The van der Waals surface area contributed by atoms with Crippen LogP contribution in [0.15, 0.2) is 59.0 Å². The number of fused-ring (bicyclic) bond motifs is 1. The number of furan rings is 1. The molecule has 0 radical (unpaired) electrons. The number of rotatable bonds is 5. The first kappa shape index (κ1) is 22.4. The minimum atomic E-state index is -0.219. The molecule has 174 valence electrons. The predicted octanol–water partition coefficient (Wildman–Crippen LogP) is 5.31. The Morgan fingerprint density at radius 3 is 2.91 bits per heavy atom. The van der Waals surface area contributed by atoms with E-state index in [-0.39, 0.29) is 11.8 Å². The lowest BCUT2D eigenvalue weighted by Crippen LogP contribution is -2.44. The maximum absolute atomic E-state index is 12.8. The molecule has 7 heteroatoms. The van der Waals surface area contributed by atoms with Crippen LogP contribution in [0.25, 0.3) is 23.0 Å². The number of nitrogens with one attached hydrogen (secondary N) is 2. The number of likely N-dealkylation sites (tertiary alicyclic amines) is 1. The van der Waals surface area contributed by atoms with Crippen LogP contribution in [0.2, 0.25) is 5.02 Å². The van der Waals surface area contributed by atoms with Gasteiger partial charge >= 0.3 is 0 Å². The summed E-state index contributed by atoms with van der Waals surface area (Å²) in [5.74, 6) is 0.857. The summed E-state index contributed by atoms with van der Waals surface area (Å²) >= 11 is 6.20. The van der Waals surface area contributed by atoms with Gasteiger partial charge in [-0.25, -0.2) is 0 Å². The van der Waals surface area contributed by atoms with Crippen molar-refractivity contribution < 1.29 is 14.0 Å². The third-order valence-electron chi connectivity index (χ3n) is 6.53. The van der Waals surface area contributed by atoms with Crippen LogP contribution in [0.5, 0.6) is 0 Å². The third-order valence-corrected chi connectivity index (χ3v) is 6.84. The predicted molar refractivity (Wildman–Crippen MR) is 135 cm³/mol. The van der Waals surface area contributed by atoms with Gasteiger partial charge in [-0.3, -0.25) is 9.59 Å². The van der Waals surface area contributed by atoms with Gasteiger partial charge in [0.1, 0.15) is 11.5 Å². The molecule has 34 heavy (non-hydrogen) atoms. The van der Waals surface area contributed by atoms with E-state index in [0.717, 1.165) is 24.1 Å². The van der Waals surface area contributed by atoms with Crippen molar-refractivity contribution in [2.24, 2.45) is 0 Å². The minimum absolute atomic E-state index is 0.0918. The van der Waals surface area contributed by atoms with Crippen molar-refractivity contribution in [1.29, 1.82) is 0 Å². The first-order valence-electron chi connectivity index (χ1n) is 11.5. The standard InChI is InChI=1S/C27H26ClN3O3/c1-31-13-3-2-8-19(31)16-29-26(32)18-7-4-6-17(14-18)24-12-11-20(34-24)15-22-21-9-5-10-23(28)25(21)30-27(22)33/h4-7,9-12,14-15,19H,2-3,8,13,16H2,1H3,(H,29,32)(H,30,33). The Hall–Kier alpha value is -3.35. The van der Waals surface area contributed by atoms with Gasteiger partial charge in [0.25, 0.3) is 11.8 Å². The highest BCUT2D eigenvalue weighted by atomic mass is 35.5. The van der Waals surface area contributed by atoms with E-state index in [4.69, 9.17) is 16.0 Å². The lowest BCUT2D eigenvalue weighted by molar-refractivity contribution is -0.110. The Morgan fingerprint density at radius 2 is 2.06 bits per heavy atom. The molecule has 1 fully saturated rings. The number of para-hydroxylation sites is 1. The average molecular weight is 476 g/mol. The molecular weight excluding hydrogens is 450 g/mol. The van der Waals surface area contributed by atoms with Crippen LogP contribution in [-0.2, 0) is 4.79 Å². The van der Waals surface area contributed by atoms with Gasteiger partial charge in [-0.15, -0.1) is 0 Å². The van der Waals surface area contributed by atoms with Gasteiger partial charge in [-0.05, 0) is 62.8 Å². The molecule has 0 spiro atoms. The van der Waals surface area contributed by atoms with E-state index in [9.17, 15) is 9.59 Å². The van der Waals surface area contributed by atoms with Crippen molar-refractivity contribution in [3.63, 3.8) is 0 Å². The third kappa shape index (κ3) is 4.52. The summed E-state index contributed by atoms with van der Waals surface area (Å²) in [5, 5.41) is 6.38. The highest BCUT2D eigenvalue weighted by molar-refractivity contribution is 6.41. The van der Waals surface area contributed by atoms with Crippen molar-refractivity contribution >= 4 is 40.8 Å². The van der Waals surface area contributed by atoms with Crippen molar-refractivity contribution in [2.45, 2.75) is 25.3 Å². The number of amides is 2. The van der Waals surface area contributed by atoms with Crippen molar-refractivity contribution in [1.82, 2.24) is 10.2 Å². The molecule has 2 N–H and O–H groups in total. The van der Waals surface area contributed by atoms with Gasteiger partial charge in [-0.1, -0.05) is 42.3 Å². The summed E-state index contributed by atoms with van der Waals surface area (Å²) in [7, 11) is 2.11. The molecule has 2 aromatic carbocycles. The van der Waals surface area contributed by atoms with Crippen molar-refractivity contribution in [3.8, 4) is 11.3 Å². The zero-order chi connectivity index (χ0) is 23.7. The highest BCUT2D eigenvalue weighted by Crippen LogP contribution is 2.38. The molecule has 3 aromatic rings. The molecule has 0 saturated carbocycles. The second kappa shape index (κ2) is 9.49. The fourth-order valence-corrected chi connectivity index (χ4v) is 4.80. The first-order chi connectivity index (χ1) is 16.5. The number of hydrogen-bond donors (Lipinski definition) is 2. The number of hydrogen-bond acceptors (Lipinski definition) is 4. The van der Waals surface area contributed by atoms with Gasteiger partial charge in [-0.2, -0.15) is 0 Å². The van der Waals surface area contributed by atoms with Crippen LogP contribution in [-0.4, -0.2) is 42.9 Å². The molecule has 1 saturated heterocycles. The zero-order valence-electron chi connectivity index (χ0n) is 18.9. The van der Waals surface area contributed by atoms with E-state index in [2.05, 4.69) is 22.6 Å². The molecule has 6 nitrogen and oxygen atoms in total. The van der Waals surface area contributed by atoms with E-state index < -0.39 is 0 Å². The Labute approximate surface area is 203 Å². The molecule has 2 amide bonds. The molecule has 2 aliphatic rings. The average Bonchev–Trinajstić information content (AvgIpc) is 3.44. The summed E-state index contributed by atoms with van der Waals surface area (Å²) in [6.45, 7) is 1.72. The summed E-state index contributed by atoms with van der Waals surface area (Å²) in [5.41, 5.74) is 3.25. The number of benzene rings is 2. The van der Waals surface area contributed by atoms with Crippen LogP contribution in [0.4, 0.5) is 5.69 Å². The van der Waals surface area contributed by atoms with Gasteiger partial charge < -0.3 is 20.0 Å². The van der Waals surface area contributed by atoms with Crippen molar-refractivity contribution in [2.75, 3.05) is 25.5 Å². The van der Waals surface area contributed by atoms with Crippen LogP contribution < -0.4 is 10.6 Å². The Morgan fingerprint density at radius 1 is 1.21 bits per heavy atom. The summed E-state index contributed by atoms with van der Waals surface area (Å²) in [6, 6.07) is 16.8. The number of halogens is 1. The number of nitrogens with zero attached hydrogens (tertiary/aromatic N) is 1. The SMILES string of the molecule is CN1CCCCC1CNC(=O)c1cccc(-c2ccc(C=C3C(=O)Nc4c(Cl)cccc43)o2)c1. The molecule has 3 heterocycles. The van der Waals surface area contributed by atoms with Crippen LogP contribution >= 0.6 is 11.6 Å². The largest absolute Gasteiger partial charge is 0.457 e. The number of carbonyl (C=O) groups excluding carboxylic acids is 2. The van der Waals surface area contributed by atoms with Gasteiger partial charge in [0.15, 0.2) is 0 Å². The molecule has 1 atom stereocenters. The number of likely N-dealkylation sites (N-methyl/N-ethyl adjacent to an activating group) is 1. The van der Waals surface area contributed by atoms with Gasteiger partial charge in [0, 0.05) is 29.3 Å². The summed E-state index contributed by atoms with van der Waals surface area (Å²) < 4.78 is 6.00. The highest BCUT2D eigenvalue weighted by Gasteiger charge is 2.26. The fraction of sp³-hybridized carbons (Fsp3) is 0.259. The van der Waals surface area contributed by atoms with Crippen molar-refractivity contribution in [3.05, 3.63) is 76.5 Å². The molecule has 1 unspecified atom stereocenters. The molecule has 0 aliphatic carbocycles. The molecule has 0 bridgehead atoms. The minimum Gasteiger partial charge on any atom is -0.457 e. The summed E-state index contributed by atoms with van der Waals surface area (Å²) in [6.07, 6.45) is 5.24. The Balaban J connectivity index is 1.32. The molecular formula is C27H26ClN3O3. The van der Waals surface area contributed by atoms with Crippen LogP contribution in [0.3, 0.4) is 0 Å². The fourth-order valence-electron chi connectivity index (χ4n) is 4.58. The number of piperidine rings is 1. The number of carbonyl (C=O) groups is 2. The zero-order valence-corrected chi connectivity index (χ0v) is 19.7. The first-order valence-corrected chi connectivity index (χ1v) is 11.9. The lowest BCUT2D eigenvalue weighted by Gasteiger charge is -2.32. The van der Waals surface area contributed by atoms with E-state index in [0.29, 0.717) is 46.0 Å². The Bertz CT molecular complexity index is 1280. The molecule has 5 rings (SSSR count). The summed E-state index contributed by atoms with van der Waals surface area (Å²) in [4.78, 5) is 27.5. The van der Waals surface area contributed by atoms with E-state index in [1.54, 1.807) is 18.2 Å². The van der Waals surface area contributed by atoms with Gasteiger partial charge in [0.2, 0.25) is 0 Å². The van der Waals surface area contributed by atoms with E-state index >= 15 is 0 Å². The van der Waals surface area contributed by atoms with Crippen LogP contribution in [0.1, 0.15) is 40.9 Å².